The van der Waals surface area contributed by atoms with Crippen LogP contribution in [0.3, 0.4) is 0 Å². The summed E-state index contributed by atoms with van der Waals surface area (Å²) in [7, 11) is -0.258. The van der Waals surface area contributed by atoms with Gasteiger partial charge < -0.3 is 14.5 Å². The van der Waals surface area contributed by atoms with Crippen molar-refractivity contribution in [3.8, 4) is 11.3 Å². The molecule has 1 amide bonds. The van der Waals surface area contributed by atoms with E-state index < -0.39 is 22.6 Å². The second kappa shape index (κ2) is 10.9. The lowest BCUT2D eigenvalue weighted by molar-refractivity contribution is -0.140. The van der Waals surface area contributed by atoms with Crippen molar-refractivity contribution in [2.24, 2.45) is 0 Å². The molecule has 0 aliphatic carbocycles. The highest BCUT2D eigenvalue weighted by atomic mass is 127. The van der Waals surface area contributed by atoms with Gasteiger partial charge in [0.05, 0.1) is 21.6 Å². The third-order valence-electron chi connectivity index (χ3n) is 4.85. The van der Waals surface area contributed by atoms with Crippen LogP contribution >= 0.6 is 22.6 Å². The van der Waals surface area contributed by atoms with Crippen LogP contribution < -0.4 is 9.62 Å². The lowest BCUT2D eigenvalue weighted by Crippen LogP contribution is -2.24. The molecule has 0 fully saturated rings. The Morgan fingerprint density at radius 2 is 1.94 bits per heavy atom. The first-order chi connectivity index (χ1) is 15.8. The summed E-state index contributed by atoms with van der Waals surface area (Å²) in [5, 5.41) is 2.95. The third-order valence-corrected chi connectivity index (χ3v) is 6.43. The number of hydrogen-bond acceptors (Lipinski definition) is 7. The molecule has 0 radical (unpaired) electrons. The van der Waals surface area contributed by atoms with Gasteiger partial charge in [-0.15, -0.1) is 0 Å². The number of ether oxygens (including phenoxy) is 1. The van der Waals surface area contributed by atoms with Gasteiger partial charge in [-0.25, -0.2) is 12.8 Å². The molecule has 3 rings (SSSR count). The van der Waals surface area contributed by atoms with E-state index in [1.54, 1.807) is 6.07 Å². The van der Waals surface area contributed by atoms with Crippen LogP contribution in [0.1, 0.15) is 29.6 Å². The first kappa shape index (κ1) is 24.9. The molecule has 3 aromatic rings. The highest BCUT2D eigenvalue weighted by molar-refractivity contribution is 14.1. The highest BCUT2D eigenvalue weighted by Crippen LogP contribution is 2.36. The van der Waals surface area contributed by atoms with Crippen LogP contribution in [-0.4, -0.2) is 46.0 Å². The molecule has 2 heterocycles. The van der Waals surface area contributed by atoms with Crippen molar-refractivity contribution < 1.29 is 31.6 Å². The fraction of sp³-hybridized carbons (Fsp3) is 0.286. The number of carbonyl (C=O) groups excluding carboxylic acids is 2. The number of thiol groups is 1. The molecule has 176 valence electrons. The zero-order valence-corrected chi connectivity index (χ0v) is 20.8. The number of halogens is 2. The maximum atomic E-state index is 13.4. The number of amides is 1. The average Bonchev–Trinajstić information content (AvgIpc) is 3.16. The van der Waals surface area contributed by atoms with E-state index in [-0.39, 0.29) is 41.8 Å². The van der Waals surface area contributed by atoms with Crippen LogP contribution in [0.25, 0.3) is 22.4 Å². The predicted molar refractivity (Wildman–Crippen MR) is 129 cm³/mol. The highest BCUT2D eigenvalue weighted by Gasteiger charge is 2.25. The Morgan fingerprint density at radius 3 is 2.55 bits per heavy atom. The topological polar surface area (TPSA) is 119 Å². The van der Waals surface area contributed by atoms with Crippen LogP contribution in [-0.2, 0) is 20.4 Å². The number of nitrogens with zero attached hydrogens (tertiary/aromatic N) is 2. The quantitative estimate of drug-likeness (QED) is 0.170. The number of carbonyl (C=O) groups is 2. The van der Waals surface area contributed by atoms with Gasteiger partial charge in [-0.05, 0) is 65.8 Å². The molecule has 0 saturated heterocycles. The number of nitrogens with one attached hydrogen (secondary N) is 1. The number of pyridine rings is 1. The van der Waals surface area contributed by atoms with Crippen molar-refractivity contribution in [3.05, 3.63) is 45.3 Å². The van der Waals surface area contributed by atoms with Gasteiger partial charge in [0.1, 0.15) is 11.6 Å². The van der Waals surface area contributed by atoms with Gasteiger partial charge in [-0.1, -0.05) is 0 Å². The van der Waals surface area contributed by atoms with Crippen molar-refractivity contribution in [2.75, 3.05) is 25.0 Å². The molecule has 0 bridgehead atoms. The lowest BCUT2D eigenvalue weighted by Gasteiger charge is -2.17. The number of anilines is 1. The molecule has 12 heteroatoms. The number of furan rings is 1. The smallest absolute Gasteiger partial charge is 0.305 e. The Morgan fingerprint density at radius 1 is 1.24 bits per heavy atom. The number of fused-ring (bicyclic) bond motifs is 1. The summed E-state index contributed by atoms with van der Waals surface area (Å²) in [6.45, 7) is 0.109. The first-order valence-corrected chi connectivity index (χ1v) is 12.1. The van der Waals surface area contributed by atoms with E-state index in [1.807, 2.05) is 22.6 Å². The number of hydrogen-bond donors (Lipinski definition) is 2. The van der Waals surface area contributed by atoms with E-state index in [0.29, 0.717) is 27.4 Å². The van der Waals surface area contributed by atoms with Gasteiger partial charge in [0.2, 0.25) is 16.6 Å². The third kappa shape index (κ3) is 5.61. The summed E-state index contributed by atoms with van der Waals surface area (Å²) in [6, 6.07) is 7.08. The van der Waals surface area contributed by atoms with E-state index in [4.69, 9.17) is 4.42 Å². The van der Waals surface area contributed by atoms with Crippen LogP contribution in [0.4, 0.5) is 10.2 Å². The lowest BCUT2D eigenvalue weighted by atomic mass is 10.1. The molecule has 0 aliphatic rings. The molecule has 1 N–H and O–H groups in total. The largest absolute Gasteiger partial charge is 0.469 e. The number of rotatable bonds is 9. The van der Waals surface area contributed by atoms with Crippen molar-refractivity contribution >= 4 is 62.3 Å². The Balaban J connectivity index is 2.04. The zero-order chi connectivity index (χ0) is 24.1. The minimum Gasteiger partial charge on any atom is -0.469 e. The van der Waals surface area contributed by atoms with Crippen LogP contribution in [0.2, 0.25) is 0 Å². The number of benzene rings is 1. The van der Waals surface area contributed by atoms with Crippen molar-refractivity contribution in [1.29, 1.82) is 0 Å². The molecule has 9 nitrogen and oxygen atoms in total. The maximum absolute atomic E-state index is 13.4. The number of methoxy groups -OCH3 is 1. The maximum Gasteiger partial charge on any atom is 0.305 e. The van der Waals surface area contributed by atoms with Crippen molar-refractivity contribution in [3.63, 3.8) is 0 Å². The predicted octanol–water partition coefficient (Wildman–Crippen LogP) is 3.27. The molecule has 0 unspecified atom stereocenters. The molecule has 0 spiro atoms. The SMILES string of the molecule is CNC(=O)c1c(-c2ccc(F)cc2)oc2nc(N(CCCCC(=O)OC)[SH](=O)=O)c(I)cc12. The number of esters is 1. The summed E-state index contributed by atoms with van der Waals surface area (Å²) in [4.78, 5) is 28.3. The van der Waals surface area contributed by atoms with Crippen LogP contribution in [0, 0.1) is 9.39 Å². The van der Waals surface area contributed by atoms with Gasteiger partial charge in [-0.2, -0.15) is 4.98 Å². The minimum atomic E-state index is -3.02. The van der Waals surface area contributed by atoms with Crippen molar-refractivity contribution in [2.45, 2.75) is 19.3 Å². The summed E-state index contributed by atoms with van der Waals surface area (Å²) >= 11 is 1.95. The summed E-state index contributed by atoms with van der Waals surface area (Å²) in [5.74, 6) is -0.879. The van der Waals surface area contributed by atoms with Crippen molar-refractivity contribution in [1.82, 2.24) is 10.3 Å². The standard InChI is InChI=1S/C21H21FIN3O6S/c1-24-20(28)17-14-11-15(23)19(26(33(29)30)10-4-3-5-16(27)31-2)25-21(14)32-18(17)12-6-8-13(22)9-7-12/h6-9,11,33H,3-5,10H2,1-2H3,(H,24,28). The van der Waals surface area contributed by atoms with Gasteiger partial charge in [-0.3, -0.25) is 13.9 Å². The molecule has 1 aromatic carbocycles. The van der Waals surface area contributed by atoms with E-state index in [2.05, 4.69) is 15.0 Å². The van der Waals surface area contributed by atoms with Gasteiger partial charge in [0.25, 0.3) is 5.91 Å². The zero-order valence-electron chi connectivity index (χ0n) is 17.8. The molecule has 0 atom stereocenters. The fourth-order valence-electron chi connectivity index (χ4n) is 3.22. The molecule has 2 aromatic heterocycles. The molecular formula is C21H21FIN3O6S. The summed E-state index contributed by atoms with van der Waals surface area (Å²) in [5.41, 5.74) is 0.756. The number of unbranched alkanes of at least 4 members (excludes halogenated alkanes) is 1. The molecule has 33 heavy (non-hydrogen) atoms. The average molecular weight is 589 g/mol. The minimum absolute atomic E-state index is 0.0692. The Bertz CT molecular complexity index is 1250. The molecule has 0 aliphatic heterocycles. The Hall–Kier alpha value is -2.74. The molecular weight excluding hydrogens is 568 g/mol. The van der Waals surface area contributed by atoms with E-state index >= 15 is 0 Å². The van der Waals surface area contributed by atoms with Gasteiger partial charge >= 0.3 is 5.97 Å². The second-order valence-electron chi connectivity index (χ2n) is 6.93. The number of aromatic nitrogens is 1. The van der Waals surface area contributed by atoms with Gasteiger partial charge in [0, 0.05) is 25.6 Å². The molecule has 0 saturated carbocycles. The normalized spacial score (nSPS) is 11.1. The van der Waals surface area contributed by atoms with E-state index in [0.717, 1.165) is 4.31 Å². The van der Waals surface area contributed by atoms with Crippen LogP contribution in [0.15, 0.2) is 34.7 Å². The van der Waals surface area contributed by atoms with Gasteiger partial charge in [0.15, 0.2) is 5.82 Å². The fourth-order valence-corrected chi connectivity index (χ4v) is 4.75. The summed E-state index contributed by atoms with van der Waals surface area (Å²) < 4.78 is 49.3. The first-order valence-electron chi connectivity index (χ1n) is 9.86. The second-order valence-corrected chi connectivity index (χ2v) is 9.05. The van der Waals surface area contributed by atoms with E-state index in [9.17, 15) is 22.4 Å². The van der Waals surface area contributed by atoms with E-state index in [1.165, 1.54) is 38.4 Å². The summed E-state index contributed by atoms with van der Waals surface area (Å²) in [6.07, 6.45) is 1.04. The Labute approximate surface area is 204 Å². The Kier molecular flexibility index (Phi) is 8.24. The van der Waals surface area contributed by atoms with Crippen LogP contribution in [0.5, 0.6) is 0 Å². The monoisotopic (exact) mass is 589 g/mol.